The summed E-state index contributed by atoms with van der Waals surface area (Å²) in [5, 5.41) is 3.06. The van der Waals surface area contributed by atoms with Gasteiger partial charge in [0.15, 0.2) is 5.76 Å². The van der Waals surface area contributed by atoms with Crippen molar-refractivity contribution in [2.24, 2.45) is 0 Å². The fraction of sp³-hybridized carbons (Fsp3) is 0.545. The number of nitrogens with zero attached hydrogens (tertiary/aromatic N) is 1. The Bertz CT molecular complexity index is 773. The zero-order valence-electron chi connectivity index (χ0n) is 16.0. The number of carbonyl (C=O) groups is 2. The lowest BCUT2D eigenvalue weighted by Crippen LogP contribution is -2.57. The van der Waals surface area contributed by atoms with Gasteiger partial charge in [0.25, 0.3) is 5.91 Å². The molecule has 6 heteroatoms. The maximum absolute atomic E-state index is 14.1. The lowest BCUT2D eigenvalue weighted by molar-refractivity contribution is -0.152. The van der Waals surface area contributed by atoms with Crippen LogP contribution in [0.15, 0.2) is 30.0 Å². The lowest BCUT2D eigenvalue weighted by Gasteiger charge is -2.44. The van der Waals surface area contributed by atoms with E-state index in [4.69, 9.17) is 4.74 Å². The van der Waals surface area contributed by atoms with E-state index in [1.54, 1.807) is 23.1 Å². The predicted molar refractivity (Wildman–Crippen MR) is 104 cm³/mol. The second kappa shape index (κ2) is 8.33. The van der Waals surface area contributed by atoms with Gasteiger partial charge in [-0.15, -0.1) is 0 Å². The highest BCUT2D eigenvalue weighted by Gasteiger charge is 2.42. The molecule has 5 nitrogen and oxygen atoms in total. The van der Waals surface area contributed by atoms with Crippen LogP contribution in [0.1, 0.15) is 56.9 Å². The Balaban J connectivity index is 1.54. The summed E-state index contributed by atoms with van der Waals surface area (Å²) in [5.74, 6) is -0.714. The first-order valence-electron chi connectivity index (χ1n) is 10.3. The molecule has 1 aromatic carbocycles. The normalized spacial score (nSPS) is 26.8. The third-order valence-electron chi connectivity index (χ3n) is 6.04. The molecule has 3 aliphatic rings. The number of amides is 2. The first-order valence-corrected chi connectivity index (χ1v) is 10.3. The minimum Gasteiger partial charge on any atom is -0.482 e. The fourth-order valence-corrected chi connectivity index (χ4v) is 4.59. The van der Waals surface area contributed by atoms with Gasteiger partial charge < -0.3 is 15.0 Å². The molecule has 2 saturated carbocycles. The summed E-state index contributed by atoms with van der Waals surface area (Å²) in [5.41, 5.74) is 0.315. The van der Waals surface area contributed by atoms with E-state index in [9.17, 15) is 14.0 Å². The second-order valence-electron chi connectivity index (χ2n) is 8.02. The van der Waals surface area contributed by atoms with E-state index < -0.39 is 5.82 Å². The maximum atomic E-state index is 14.1. The molecule has 0 radical (unpaired) electrons. The van der Waals surface area contributed by atoms with Crippen LogP contribution in [-0.4, -0.2) is 41.4 Å². The summed E-state index contributed by atoms with van der Waals surface area (Å²) in [6, 6.07) is 6.43. The molecule has 0 spiro atoms. The van der Waals surface area contributed by atoms with Crippen molar-refractivity contribution in [1.29, 1.82) is 0 Å². The van der Waals surface area contributed by atoms with Gasteiger partial charge in [0, 0.05) is 11.6 Å². The average Bonchev–Trinajstić information content (AvgIpc) is 3.19. The van der Waals surface area contributed by atoms with Crippen LogP contribution in [0.25, 0.3) is 6.08 Å². The van der Waals surface area contributed by atoms with Crippen molar-refractivity contribution in [1.82, 2.24) is 10.2 Å². The van der Waals surface area contributed by atoms with E-state index >= 15 is 0 Å². The first kappa shape index (κ1) is 19.0. The molecule has 0 aromatic heterocycles. The molecule has 3 fully saturated rings. The molecule has 1 aromatic rings. The largest absolute Gasteiger partial charge is 0.482 e. The van der Waals surface area contributed by atoms with Crippen LogP contribution in [-0.2, 0) is 14.3 Å². The van der Waals surface area contributed by atoms with Crippen LogP contribution in [0.2, 0.25) is 0 Å². The van der Waals surface area contributed by atoms with Gasteiger partial charge in [0.1, 0.15) is 18.5 Å². The van der Waals surface area contributed by atoms with Crippen molar-refractivity contribution < 1.29 is 18.7 Å². The van der Waals surface area contributed by atoms with Crippen LogP contribution in [0.5, 0.6) is 0 Å². The topological polar surface area (TPSA) is 58.6 Å². The monoisotopic (exact) mass is 386 g/mol. The van der Waals surface area contributed by atoms with Gasteiger partial charge in [-0.2, -0.15) is 0 Å². The van der Waals surface area contributed by atoms with Crippen LogP contribution in [0.3, 0.4) is 0 Å². The minimum absolute atomic E-state index is 0.0362. The Hall–Kier alpha value is -2.37. The van der Waals surface area contributed by atoms with Crippen molar-refractivity contribution in [3.63, 3.8) is 0 Å². The van der Waals surface area contributed by atoms with Gasteiger partial charge in [-0.25, -0.2) is 4.39 Å². The number of halogens is 1. The first-order chi connectivity index (χ1) is 13.6. The highest BCUT2D eigenvalue weighted by atomic mass is 19.1. The molecule has 1 N–H and O–H groups in total. The summed E-state index contributed by atoms with van der Waals surface area (Å²) in [7, 11) is 0. The molecule has 2 atom stereocenters. The van der Waals surface area contributed by atoms with Gasteiger partial charge in [-0.1, -0.05) is 37.5 Å². The number of hydrogen-bond acceptors (Lipinski definition) is 3. The molecule has 28 heavy (non-hydrogen) atoms. The summed E-state index contributed by atoms with van der Waals surface area (Å²) in [6.45, 7) is 0.0362. The Labute approximate surface area is 164 Å². The number of rotatable bonds is 4. The molecule has 1 aliphatic heterocycles. The maximum Gasteiger partial charge on any atom is 0.289 e. The van der Waals surface area contributed by atoms with Gasteiger partial charge >= 0.3 is 0 Å². The smallest absolute Gasteiger partial charge is 0.289 e. The number of nitrogens with one attached hydrogen (secondary N) is 1. The standard InChI is InChI=1S/C22H27FN2O3/c23-17-10-4-1-7-15(17)13-20-22(27)25(18-11-5-6-12-19(18)28-20)14-21(26)24-16-8-2-3-9-16/h1,4,7,10,13,16,18-19H,2-3,5-6,8-9,11-12,14H2,(H,24,26)/b20-13-. The third kappa shape index (κ3) is 4.05. The summed E-state index contributed by atoms with van der Waals surface area (Å²) < 4.78 is 20.0. The molecule has 0 bridgehead atoms. The molecule has 4 rings (SSSR count). The van der Waals surface area contributed by atoms with Crippen LogP contribution >= 0.6 is 0 Å². The number of hydrogen-bond donors (Lipinski definition) is 1. The van der Waals surface area contributed by atoms with E-state index in [1.807, 2.05) is 0 Å². The quantitative estimate of drug-likeness (QED) is 0.807. The molecular weight excluding hydrogens is 359 g/mol. The Morgan fingerprint density at radius 2 is 1.86 bits per heavy atom. The summed E-state index contributed by atoms with van der Waals surface area (Å²) >= 11 is 0. The predicted octanol–water partition coefficient (Wildman–Crippen LogP) is 3.40. The highest BCUT2D eigenvalue weighted by Crippen LogP contribution is 2.33. The molecule has 1 heterocycles. The Morgan fingerprint density at radius 3 is 2.64 bits per heavy atom. The van der Waals surface area contributed by atoms with Crippen molar-refractivity contribution in [3.05, 3.63) is 41.4 Å². The molecular formula is C22H27FN2O3. The van der Waals surface area contributed by atoms with E-state index in [0.29, 0.717) is 5.56 Å². The van der Waals surface area contributed by atoms with Gasteiger partial charge in [-0.05, 0) is 44.2 Å². The third-order valence-corrected chi connectivity index (χ3v) is 6.04. The fourth-order valence-electron chi connectivity index (χ4n) is 4.59. The highest BCUT2D eigenvalue weighted by molar-refractivity contribution is 5.98. The van der Waals surface area contributed by atoms with E-state index in [0.717, 1.165) is 51.4 Å². The number of benzene rings is 1. The van der Waals surface area contributed by atoms with E-state index in [-0.39, 0.29) is 42.3 Å². The number of morpholine rings is 1. The summed E-state index contributed by atoms with van der Waals surface area (Å²) in [6.07, 6.45) is 9.35. The number of carbonyl (C=O) groups excluding carboxylic acids is 2. The van der Waals surface area contributed by atoms with Crippen molar-refractivity contribution in [2.75, 3.05) is 6.54 Å². The lowest BCUT2D eigenvalue weighted by atomic mass is 9.89. The average molecular weight is 386 g/mol. The van der Waals surface area contributed by atoms with Gasteiger partial charge in [0.05, 0.1) is 6.04 Å². The van der Waals surface area contributed by atoms with Crippen molar-refractivity contribution >= 4 is 17.9 Å². The molecule has 2 amide bonds. The molecule has 150 valence electrons. The van der Waals surface area contributed by atoms with Gasteiger partial charge in [-0.3, -0.25) is 9.59 Å². The van der Waals surface area contributed by atoms with E-state index in [1.165, 1.54) is 12.1 Å². The SMILES string of the molecule is O=C(CN1C(=O)/C(=C/c2ccccc2F)OC2CCCCC21)NC1CCCC1. The van der Waals surface area contributed by atoms with Crippen molar-refractivity contribution in [3.8, 4) is 0 Å². The zero-order chi connectivity index (χ0) is 19.5. The van der Waals surface area contributed by atoms with Gasteiger partial charge in [0.2, 0.25) is 5.91 Å². The minimum atomic E-state index is -0.400. The molecule has 1 saturated heterocycles. The van der Waals surface area contributed by atoms with E-state index in [2.05, 4.69) is 5.32 Å². The number of ether oxygens (including phenoxy) is 1. The van der Waals surface area contributed by atoms with Crippen molar-refractivity contribution in [2.45, 2.75) is 69.6 Å². The second-order valence-corrected chi connectivity index (χ2v) is 8.02. The Kier molecular flexibility index (Phi) is 5.64. The molecule has 2 aliphatic carbocycles. The summed E-state index contributed by atoms with van der Waals surface area (Å²) in [4.78, 5) is 27.3. The van der Waals surface area contributed by atoms with Crippen LogP contribution in [0, 0.1) is 5.82 Å². The zero-order valence-corrected chi connectivity index (χ0v) is 16.0. The Morgan fingerprint density at radius 1 is 1.14 bits per heavy atom. The number of fused-ring (bicyclic) bond motifs is 1. The van der Waals surface area contributed by atoms with Crippen LogP contribution < -0.4 is 5.32 Å². The van der Waals surface area contributed by atoms with Crippen LogP contribution in [0.4, 0.5) is 4.39 Å². The molecule has 2 unspecified atom stereocenters.